The van der Waals surface area contributed by atoms with Crippen molar-refractivity contribution in [3.63, 3.8) is 0 Å². The van der Waals surface area contributed by atoms with E-state index in [4.69, 9.17) is 11.6 Å². The molecule has 0 N–H and O–H groups in total. The Hall–Kier alpha value is -2.73. The van der Waals surface area contributed by atoms with E-state index in [2.05, 4.69) is 22.3 Å². The molecule has 1 fully saturated rings. The molecule has 1 saturated carbocycles. The van der Waals surface area contributed by atoms with Gasteiger partial charge in [-0.25, -0.2) is 0 Å². The quantitative estimate of drug-likeness (QED) is 0.610. The Morgan fingerprint density at radius 1 is 1.21 bits per heavy atom. The van der Waals surface area contributed by atoms with Crippen molar-refractivity contribution in [2.45, 2.75) is 38.9 Å². The van der Waals surface area contributed by atoms with Crippen LogP contribution in [-0.4, -0.2) is 37.1 Å². The van der Waals surface area contributed by atoms with Crippen LogP contribution in [-0.2, 0) is 17.9 Å². The third-order valence-corrected chi connectivity index (χ3v) is 5.36. The molecule has 2 aromatic carbocycles. The summed E-state index contributed by atoms with van der Waals surface area (Å²) in [5, 5.41) is 13.1. The first kappa shape index (κ1) is 18.6. The van der Waals surface area contributed by atoms with Crippen LogP contribution in [0, 0.1) is 5.92 Å². The van der Waals surface area contributed by atoms with Crippen molar-refractivity contribution in [3.05, 3.63) is 65.2 Å². The Labute approximate surface area is 169 Å². The van der Waals surface area contributed by atoms with E-state index >= 15 is 0 Å². The van der Waals surface area contributed by atoms with Crippen molar-refractivity contribution in [1.29, 1.82) is 0 Å². The van der Waals surface area contributed by atoms with Crippen LogP contribution in [0.15, 0.2) is 54.6 Å². The summed E-state index contributed by atoms with van der Waals surface area (Å²) in [4.78, 5) is 16.4. The first-order valence-electron chi connectivity index (χ1n) is 9.47. The van der Waals surface area contributed by atoms with Crippen LogP contribution in [0.5, 0.6) is 0 Å². The van der Waals surface area contributed by atoms with Gasteiger partial charge in [-0.1, -0.05) is 54.1 Å². The van der Waals surface area contributed by atoms with Gasteiger partial charge in [-0.3, -0.25) is 4.79 Å². The van der Waals surface area contributed by atoms with Gasteiger partial charge in [-0.15, -0.1) is 10.2 Å². The second kappa shape index (κ2) is 8.10. The number of benzene rings is 2. The van der Waals surface area contributed by atoms with E-state index < -0.39 is 0 Å². The number of tetrazole rings is 1. The summed E-state index contributed by atoms with van der Waals surface area (Å²) in [7, 11) is 0. The van der Waals surface area contributed by atoms with E-state index in [0.29, 0.717) is 23.3 Å². The fourth-order valence-electron chi connectivity index (χ4n) is 3.34. The minimum Gasteiger partial charge on any atom is -0.334 e. The summed E-state index contributed by atoms with van der Waals surface area (Å²) in [6, 6.07) is 17.5. The summed E-state index contributed by atoms with van der Waals surface area (Å²) in [5.41, 5.74) is 1.90. The molecule has 0 radical (unpaired) electrons. The van der Waals surface area contributed by atoms with Crippen LogP contribution in [0.2, 0.25) is 5.02 Å². The Bertz CT molecular complexity index is 954. The topological polar surface area (TPSA) is 63.9 Å². The molecule has 1 amide bonds. The van der Waals surface area contributed by atoms with Crippen molar-refractivity contribution in [3.8, 4) is 11.4 Å². The molecule has 3 aromatic rings. The Kier molecular flexibility index (Phi) is 5.39. The molecule has 1 heterocycles. The normalized spacial score (nSPS) is 14.6. The molecule has 0 saturated heterocycles. The first-order valence-corrected chi connectivity index (χ1v) is 9.85. The first-order chi connectivity index (χ1) is 13.6. The van der Waals surface area contributed by atoms with Crippen LogP contribution in [0.3, 0.4) is 0 Å². The lowest BCUT2D eigenvalue weighted by Gasteiger charge is -2.29. The molecule has 1 aliphatic carbocycles. The van der Waals surface area contributed by atoms with Gasteiger partial charge < -0.3 is 4.90 Å². The van der Waals surface area contributed by atoms with Crippen molar-refractivity contribution < 1.29 is 4.79 Å². The van der Waals surface area contributed by atoms with Crippen LogP contribution < -0.4 is 0 Å². The summed E-state index contributed by atoms with van der Waals surface area (Å²) >= 11 is 6.03. The van der Waals surface area contributed by atoms with Crippen molar-refractivity contribution in [2.75, 3.05) is 0 Å². The molecular weight excluding hydrogens is 374 g/mol. The van der Waals surface area contributed by atoms with Crippen LogP contribution in [0.4, 0.5) is 0 Å². The van der Waals surface area contributed by atoms with Gasteiger partial charge in [0, 0.05) is 23.2 Å². The number of aromatic nitrogens is 4. The predicted octanol–water partition coefficient (Wildman–Crippen LogP) is 3.82. The SMILES string of the molecule is C[C@@H](C1CC1)N(Cc1ccccc1)C(=O)Cn1nnc(-c2cccc(Cl)c2)n1. The van der Waals surface area contributed by atoms with Crippen molar-refractivity contribution >= 4 is 17.5 Å². The molecule has 1 atom stereocenters. The Morgan fingerprint density at radius 3 is 2.71 bits per heavy atom. The summed E-state index contributed by atoms with van der Waals surface area (Å²) in [6.45, 7) is 2.79. The summed E-state index contributed by atoms with van der Waals surface area (Å²) < 4.78 is 0. The molecule has 0 bridgehead atoms. The number of hydrogen-bond acceptors (Lipinski definition) is 4. The molecule has 6 nitrogen and oxygen atoms in total. The average molecular weight is 396 g/mol. The maximum Gasteiger partial charge on any atom is 0.246 e. The number of hydrogen-bond donors (Lipinski definition) is 0. The molecule has 28 heavy (non-hydrogen) atoms. The van der Waals surface area contributed by atoms with Gasteiger partial charge in [0.05, 0.1) is 0 Å². The van der Waals surface area contributed by atoms with Crippen molar-refractivity contribution in [2.24, 2.45) is 5.92 Å². The van der Waals surface area contributed by atoms with E-state index in [-0.39, 0.29) is 18.5 Å². The smallest absolute Gasteiger partial charge is 0.246 e. The third kappa shape index (κ3) is 4.39. The number of halogens is 1. The molecule has 4 rings (SSSR count). The highest BCUT2D eigenvalue weighted by Gasteiger charge is 2.34. The fraction of sp³-hybridized carbons (Fsp3) is 0.333. The van der Waals surface area contributed by atoms with E-state index in [0.717, 1.165) is 11.1 Å². The van der Waals surface area contributed by atoms with Gasteiger partial charge in [0.2, 0.25) is 11.7 Å². The van der Waals surface area contributed by atoms with Gasteiger partial charge >= 0.3 is 0 Å². The highest BCUT2D eigenvalue weighted by molar-refractivity contribution is 6.30. The van der Waals surface area contributed by atoms with Crippen LogP contribution in [0.25, 0.3) is 11.4 Å². The molecule has 0 aliphatic heterocycles. The Morgan fingerprint density at radius 2 is 2.00 bits per heavy atom. The summed E-state index contributed by atoms with van der Waals surface area (Å²) in [6.07, 6.45) is 2.36. The predicted molar refractivity (Wildman–Crippen MR) is 107 cm³/mol. The van der Waals surface area contributed by atoms with Gasteiger partial charge in [0.1, 0.15) is 6.54 Å². The highest BCUT2D eigenvalue weighted by Crippen LogP contribution is 2.35. The molecule has 0 spiro atoms. The van der Waals surface area contributed by atoms with E-state index in [9.17, 15) is 4.79 Å². The van der Waals surface area contributed by atoms with Crippen molar-refractivity contribution in [1.82, 2.24) is 25.1 Å². The second-order valence-corrected chi connectivity index (χ2v) is 7.68. The lowest BCUT2D eigenvalue weighted by atomic mass is 10.1. The number of amides is 1. The van der Waals surface area contributed by atoms with Gasteiger partial charge in [0.25, 0.3) is 0 Å². The van der Waals surface area contributed by atoms with E-state index in [1.807, 2.05) is 47.4 Å². The number of rotatable bonds is 7. The maximum atomic E-state index is 13.1. The molecule has 0 unspecified atom stereocenters. The summed E-state index contributed by atoms with van der Waals surface area (Å²) in [5.74, 6) is 1.04. The largest absolute Gasteiger partial charge is 0.334 e. The standard InChI is InChI=1S/C21H22ClN5O/c1-15(17-10-11-17)26(13-16-6-3-2-4-7-16)20(28)14-27-24-21(23-25-27)18-8-5-9-19(22)12-18/h2-9,12,15,17H,10-11,13-14H2,1H3/t15-/m0/s1. The lowest BCUT2D eigenvalue weighted by Crippen LogP contribution is -2.41. The van der Waals surface area contributed by atoms with Gasteiger partial charge in [0.15, 0.2) is 0 Å². The molecule has 7 heteroatoms. The van der Waals surface area contributed by atoms with E-state index in [1.165, 1.54) is 17.6 Å². The van der Waals surface area contributed by atoms with Crippen LogP contribution >= 0.6 is 11.6 Å². The Balaban J connectivity index is 1.49. The number of nitrogens with zero attached hydrogens (tertiary/aromatic N) is 5. The minimum absolute atomic E-state index is 0.00158. The minimum atomic E-state index is -0.00158. The maximum absolute atomic E-state index is 13.1. The number of carbonyl (C=O) groups is 1. The highest BCUT2D eigenvalue weighted by atomic mass is 35.5. The molecule has 1 aromatic heterocycles. The average Bonchev–Trinajstić information content (AvgIpc) is 3.45. The molecular formula is C21H22ClN5O. The molecule has 1 aliphatic rings. The van der Waals surface area contributed by atoms with Crippen LogP contribution in [0.1, 0.15) is 25.3 Å². The third-order valence-electron chi connectivity index (χ3n) is 5.12. The zero-order valence-electron chi connectivity index (χ0n) is 15.7. The zero-order chi connectivity index (χ0) is 19.5. The van der Waals surface area contributed by atoms with Gasteiger partial charge in [-0.05, 0) is 48.6 Å². The van der Waals surface area contributed by atoms with E-state index in [1.54, 1.807) is 12.1 Å². The monoisotopic (exact) mass is 395 g/mol. The van der Waals surface area contributed by atoms with Gasteiger partial charge in [-0.2, -0.15) is 4.80 Å². The fourth-order valence-corrected chi connectivity index (χ4v) is 3.53. The lowest BCUT2D eigenvalue weighted by molar-refractivity contribution is -0.135. The molecule has 144 valence electrons. The zero-order valence-corrected chi connectivity index (χ0v) is 16.5. The number of carbonyl (C=O) groups excluding carboxylic acids is 1. The second-order valence-electron chi connectivity index (χ2n) is 7.24.